The highest BCUT2D eigenvalue weighted by Crippen LogP contribution is 2.20. The highest BCUT2D eigenvalue weighted by molar-refractivity contribution is 5.92. The summed E-state index contributed by atoms with van der Waals surface area (Å²) < 4.78 is 26.0. The third kappa shape index (κ3) is 4.49. The molecule has 1 atom stereocenters. The summed E-state index contributed by atoms with van der Waals surface area (Å²) in [6.45, 7) is 0.652. The number of nitrogens with one attached hydrogen (secondary N) is 1. The fourth-order valence-corrected chi connectivity index (χ4v) is 2.55. The highest BCUT2D eigenvalue weighted by atomic mass is 19.1. The first-order valence-corrected chi connectivity index (χ1v) is 6.66. The predicted molar refractivity (Wildman–Crippen MR) is 71.8 cm³/mol. The van der Waals surface area contributed by atoms with Crippen LogP contribution < -0.4 is 5.32 Å². The van der Waals surface area contributed by atoms with E-state index in [0.717, 1.165) is 31.0 Å². The summed E-state index contributed by atoms with van der Waals surface area (Å²) in [7, 11) is 0. The van der Waals surface area contributed by atoms with E-state index in [0.29, 0.717) is 6.54 Å². The van der Waals surface area contributed by atoms with Crippen molar-refractivity contribution in [1.29, 1.82) is 0 Å². The number of likely N-dealkylation sites (tertiary alicyclic amines) is 1. The van der Waals surface area contributed by atoms with Gasteiger partial charge in [-0.25, -0.2) is 8.78 Å². The molecule has 0 spiro atoms. The summed E-state index contributed by atoms with van der Waals surface area (Å²) in [4.78, 5) is 24.4. The molecule has 1 heterocycles. The van der Waals surface area contributed by atoms with E-state index in [1.165, 1.54) is 0 Å². The molecule has 0 saturated carbocycles. The predicted octanol–water partition coefficient (Wildman–Crippen LogP) is 1.84. The maximum Gasteiger partial charge on any atom is 0.304 e. The molecule has 1 saturated heterocycles. The minimum absolute atomic E-state index is 0.01000. The zero-order valence-electron chi connectivity index (χ0n) is 11.3. The van der Waals surface area contributed by atoms with Crippen LogP contribution in [0.1, 0.15) is 19.3 Å². The number of amides is 1. The van der Waals surface area contributed by atoms with Crippen LogP contribution in [0.25, 0.3) is 0 Å². The van der Waals surface area contributed by atoms with Gasteiger partial charge in [0, 0.05) is 17.8 Å². The van der Waals surface area contributed by atoms with Crippen LogP contribution in [0.4, 0.5) is 14.5 Å². The van der Waals surface area contributed by atoms with Crippen LogP contribution in [0.2, 0.25) is 0 Å². The average Bonchev–Trinajstić information content (AvgIpc) is 2.73. The number of carbonyl (C=O) groups excluding carboxylic acids is 1. The number of aliphatic carboxylic acids is 1. The van der Waals surface area contributed by atoms with Crippen LogP contribution in [0, 0.1) is 11.6 Å². The lowest BCUT2D eigenvalue weighted by Crippen LogP contribution is -2.37. The first-order chi connectivity index (χ1) is 9.94. The molecule has 0 aromatic heterocycles. The first-order valence-electron chi connectivity index (χ1n) is 6.66. The van der Waals surface area contributed by atoms with E-state index in [9.17, 15) is 18.4 Å². The number of nitrogens with zero attached hydrogens (tertiary/aromatic N) is 1. The van der Waals surface area contributed by atoms with Gasteiger partial charge in [0.05, 0.1) is 13.0 Å². The van der Waals surface area contributed by atoms with Crippen LogP contribution in [0.15, 0.2) is 18.2 Å². The number of anilines is 1. The van der Waals surface area contributed by atoms with Crippen molar-refractivity contribution in [3.05, 3.63) is 29.8 Å². The molecule has 0 radical (unpaired) electrons. The number of hydrogen-bond acceptors (Lipinski definition) is 3. The lowest BCUT2D eigenvalue weighted by molar-refractivity contribution is -0.138. The molecule has 21 heavy (non-hydrogen) atoms. The van der Waals surface area contributed by atoms with Crippen molar-refractivity contribution in [2.24, 2.45) is 0 Å². The second-order valence-electron chi connectivity index (χ2n) is 5.07. The quantitative estimate of drug-likeness (QED) is 0.870. The summed E-state index contributed by atoms with van der Waals surface area (Å²) in [6, 6.07) is 2.61. The summed E-state index contributed by atoms with van der Waals surface area (Å²) >= 11 is 0. The molecule has 1 fully saturated rings. The molecule has 1 unspecified atom stereocenters. The van der Waals surface area contributed by atoms with Crippen molar-refractivity contribution in [2.45, 2.75) is 25.3 Å². The third-order valence-corrected chi connectivity index (χ3v) is 3.40. The van der Waals surface area contributed by atoms with Gasteiger partial charge in [0.25, 0.3) is 0 Å². The number of benzene rings is 1. The minimum Gasteiger partial charge on any atom is -0.481 e. The maximum absolute atomic E-state index is 13.0. The Morgan fingerprint density at radius 1 is 1.29 bits per heavy atom. The van der Waals surface area contributed by atoms with E-state index in [2.05, 4.69) is 5.32 Å². The van der Waals surface area contributed by atoms with Gasteiger partial charge in [-0.3, -0.25) is 14.5 Å². The second kappa shape index (κ2) is 6.62. The lowest BCUT2D eigenvalue weighted by atomic mass is 10.1. The Hall–Kier alpha value is -2.02. The van der Waals surface area contributed by atoms with Gasteiger partial charge in [-0.1, -0.05) is 0 Å². The number of carboxylic acids is 1. The fourth-order valence-electron chi connectivity index (χ4n) is 2.55. The molecule has 1 aliphatic rings. The molecular formula is C14H16F2N2O3. The monoisotopic (exact) mass is 298 g/mol. The largest absolute Gasteiger partial charge is 0.481 e. The molecule has 114 valence electrons. The zero-order chi connectivity index (χ0) is 15.4. The first kappa shape index (κ1) is 15.4. The van der Waals surface area contributed by atoms with Gasteiger partial charge in [-0.05, 0) is 31.5 Å². The number of carboxylic acid groups (broad SMARTS) is 1. The van der Waals surface area contributed by atoms with Crippen molar-refractivity contribution >= 4 is 17.6 Å². The molecule has 2 N–H and O–H groups in total. The number of halogens is 2. The zero-order valence-corrected chi connectivity index (χ0v) is 11.3. The molecule has 0 bridgehead atoms. The summed E-state index contributed by atoms with van der Waals surface area (Å²) in [5, 5.41) is 11.2. The smallest absolute Gasteiger partial charge is 0.304 e. The molecule has 1 aliphatic heterocycles. The van der Waals surface area contributed by atoms with Gasteiger partial charge in [0.15, 0.2) is 0 Å². The topological polar surface area (TPSA) is 69.6 Å². The Morgan fingerprint density at radius 3 is 2.57 bits per heavy atom. The lowest BCUT2D eigenvalue weighted by Gasteiger charge is -2.22. The van der Waals surface area contributed by atoms with Gasteiger partial charge < -0.3 is 10.4 Å². The Balaban J connectivity index is 1.93. The average molecular weight is 298 g/mol. The SMILES string of the molecule is O=C(O)CC1CCCN1CC(=O)Nc1cc(F)cc(F)c1. The highest BCUT2D eigenvalue weighted by Gasteiger charge is 2.28. The fraction of sp³-hybridized carbons (Fsp3) is 0.429. The van der Waals surface area contributed by atoms with Crippen LogP contribution in [0.3, 0.4) is 0 Å². The molecule has 7 heteroatoms. The molecule has 2 rings (SSSR count). The van der Waals surface area contributed by atoms with Gasteiger partial charge >= 0.3 is 5.97 Å². The molecule has 0 aliphatic carbocycles. The van der Waals surface area contributed by atoms with Crippen LogP contribution in [0.5, 0.6) is 0 Å². The maximum atomic E-state index is 13.0. The molecule has 5 nitrogen and oxygen atoms in total. The minimum atomic E-state index is -0.903. The van der Waals surface area contributed by atoms with Crippen molar-refractivity contribution in [1.82, 2.24) is 4.90 Å². The number of hydrogen-bond donors (Lipinski definition) is 2. The van der Waals surface area contributed by atoms with Crippen molar-refractivity contribution in [3.63, 3.8) is 0 Å². The molecule has 1 amide bonds. The molecule has 1 aromatic rings. The van der Waals surface area contributed by atoms with Crippen LogP contribution >= 0.6 is 0 Å². The third-order valence-electron chi connectivity index (χ3n) is 3.40. The summed E-state index contributed by atoms with van der Waals surface area (Å²) in [5.41, 5.74) is 0.0477. The van der Waals surface area contributed by atoms with E-state index in [-0.39, 0.29) is 24.7 Å². The van der Waals surface area contributed by atoms with E-state index >= 15 is 0 Å². The van der Waals surface area contributed by atoms with E-state index in [4.69, 9.17) is 5.11 Å². The van der Waals surface area contributed by atoms with Crippen molar-refractivity contribution in [3.8, 4) is 0 Å². The van der Waals surface area contributed by atoms with E-state index < -0.39 is 23.5 Å². The van der Waals surface area contributed by atoms with Crippen molar-refractivity contribution < 1.29 is 23.5 Å². The molecule has 1 aromatic carbocycles. The van der Waals surface area contributed by atoms with Crippen LogP contribution in [-0.2, 0) is 9.59 Å². The number of rotatable bonds is 5. The Labute approximate surface area is 120 Å². The van der Waals surface area contributed by atoms with Crippen molar-refractivity contribution in [2.75, 3.05) is 18.4 Å². The van der Waals surface area contributed by atoms with E-state index in [1.54, 1.807) is 4.90 Å². The normalized spacial score (nSPS) is 18.7. The second-order valence-corrected chi connectivity index (χ2v) is 5.07. The van der Waals surface area contributed by atoms with Gasteiger partial charge in [0.2, 0.25) is 5.91 Å². The number of carbonyl (C=O) groups is 2. The Morgan fingerprint density at radius 2 is 1.95 bits per heavy atom. The van der Waals surface area contributed by atoms with E-state index in [1.807, 2.05) is 0 Å². The molecular weight excluding hydrogens is 282 g/mol. The Bertz CT molecular complexity index is 531. The standard InChI is InChI=1S/C14H16F2N2O3/c15-9-4-10(16)6-11(5-9)17-13(19)8-18-3-1-2-12(18)7-14(20)21/h4-6,12H,1-3,7-8H2,(H,17,19)(H,20,21). The Kier molecular flexibility index (Phi) is 4.85. The van der Waals surface area contributed by atoms with Gasteiger partial charge in [0.1, 0.15) is 11.6 Å². The summed E-state index contributed by atoms with van der Waals surface area (Å²) in [5.74, 6) is -2.86. The van der Waals surface area contributed by atoms with Gasteiger partial charge in [-0.15, -0.1) is 0 Å². The van der Waals surface area contributed by atoms with Gasteiger partial charge in [-0.2, -0.15) is 0 Å². The van der Waals surface area contributed by atoms with Crippen LogP contribution in [-0.4, -0.2) is 41.0 Å². The summed E-state index contributed by atoms with van der Waals surface area (Å²) in [6.07, 6.45) is 1.55.